The van der Waals surface area contributed by atoms with Crippen LogP contribution in [0.5, 0.6) is 0 Å². The van der Waals surface area contributed by atoms with Gasteiger partial charge in [-0.1, -0.05) is 12.1 Å². The minimum Gasteiger partial charge on any atom is -0.480 e. The molecule has 0 aliphatic rings. The van der Waals surface area contributed by atoms with Gasteiger partial charge in [0.1, 0.15) is 18.2 Å². The largest absolute Gasteiger partial charge is 0.480 e. The fourth-order valence-corrected chi connectivity index (χ4v) is 4.10. The first-order valence-corrected chi connectivity index (χ1v) is 9.43. The molecule has 0 saturated heterocycles. The van der Waals surface area contributed by atoms with E-state index in [0.717, 1.165) is 5.52 Å². The molecule has 0 spiro atoms. The number of hydrogen-bond donors (Lipinski definition) is 2. The Morgan fingerprint density at radius 1 is 1.33 bits per heavy atom. The molecular formula is C15H22N3O5P. The van der Waals surface area contributed by atoms with Crippen LogP contribution in [0.2, 0.25) is 0 Å². The summed E-state index contributed by atoms with van der Waals surface area (Å²) >= 11 is 0. The first kappa shape index (κ1) is 18.6. The molecule has 1 heterocycles. The maximum atomic E-state index is 12.9. The molecule has 8 nitrogen and oxygen atoms in total. The number of carboxylic acid groups (broad SMARTS) is 1. The molecule has 1 aromatic heterocycles. The van der Waals surface area contributed by atoms with E-state index in [4.69, 9.17) is 19.9 Å². The van der Waals surface area contributed by atoms with Crippen molar-refractivity contribution in [1.82, 2.24) is 9.55 Å². The van der Waals surface area contributed by atoms with Crippen molar-refractivity contribution in [2.75, 3.05) is 13.2 Å². The van der Waals surface area contributed by atoms with Gasteiger partial charge in [0.25, 0.3) is 0 Å². The van der Waals surface area contributed by atoms with Crippen LogP contribution in [0.1, 0.15) is 19.7 Å². The second-order valence-corrected chi connectivity index (χ2v) is 7.20. The molecular weight excluding hydrogens is 333 g/mol. The van der Waals surface area contributed by atoms with E-state index in [1.807, 2.05) is 18.2 Å². The Labute approximate surface area is 140 Å². The smallest absolute Gasteiger partial charge is 0.350 e. The lowest BCUT2D eigenvalue weighted by Crippen LogP contribution is -2.33. The number of imidazole rings is 1. The highest BCUT2D eigenvalue weighted by atomic mass is 31.2. The zero-order valence-corrected chi connectivity index (χ0v) is 14.6. The molecule has 24 heavy (non-hydrogen) atoms. The van der Waals surface area contributed by atoms with Crippen molar-refractivity contribution in [2.45, 2.75) is 32.6 Å². The normalized spacial score (nSPS) is 13.3. The third kappa shape index (κ3) is 4.21. The SMILES string of the molecule is CCOP(=O)(Cn1c(C[C@@H](N)C(=O)O)nc2ccccc21)OCC. The summed E-state index contributed by atoms with van der Waals surface area (Å²) in [5.41, 5.74) is 7.03. The van der Waals surface area contributed by atoms with Gasteiger partial charge in [-0.2, -0.15) is 0 Å². The molecule has 132 valence electrons. The van der Waals surface area contributed by atoms with Crippen molar-refractivity contribution < 1.29 is 23.5 Å². The molecule has 0 aliphatic heterocycles. The number of fused-ring (bicyclic) bond motifs is 1. The zero-order chi connectivity index (χ0) is 17.7. The lowest BCUT2D eigenvalue weighted by molar-refractivity contribution is -0.138. The van der Waals surface area contributed by atoms with Gasteiger partial charge in [-0.25, -0.2) is 4.98 Å². The number of carboxylic acids is 1. The summed E-state index contributed by atoms with van der Waals surface area (Å²) in [6.45, 7) is 3.96. The fraction of sp³-hybridized carbons (Fsp3) is 0.467. The predicted molar refractivity (Wildman–Crippen MR) is 89.9 cm³/mol. The van der Waals surface area contributed by atoms with E-state index in [1.165, 1.54) is 0 Å². The summed E-state index contributed by atoms with van der Waals surface area (Å²) in [6, 6.07) is 6.17. The van der Waals surface area contributed by atoms with Crippen LogP contribution in [0.3, 0.4) is 0 Å². The number of aromatic nitrogens is 2. The number of nitrogens with zero attached hydrogens (tertiary/aromatic N) is 2. The first-order valence-electron chi connectivity index (χ1n) is 7.71. The monoisotopic (exact) mass is 355 g/mol. The van der Waals surface area contributed by atoms with Crippen molar-refractivity contribution in [2.24, 2.45) is 5.73 Å². The van der Waals surface area contributed by atoms with Gasteiger partial charge < -0.3 is 24.5 Å². The average Bonchev–Trinajstić information content (AvgIpc) is 2.85. The number of benzene rings is 1. The number of aliphatic carboxylic acids is 1. The Bertz CT molecular complexity index is 751. The molecule has 0 saturated carbocycles. The number of para-hydroxylation sites is 2. The van der Waals surface area contributed by atoms with Crippen molar-refractivity contribution in [3.8, 4) is 0 Å². The Hall–Kier alpha value is -1.73. The number of rotatable bonds is 9. The second kappa shape index (κ2) is 7.90. The lowest BCUT2D eigenvalue weighted by atomic mass is 10.2. The summed E-state index contributed by atoms with van der Waals surface area (Å²) < 4.78 is 25.2. The summed E-state index contributed by atoms with van der Waals surface area (Å²) in [7, 11) is -3.37. The average molecular weight is 355 g/mol. The fourth-order valence-electron chi connectivity index (χ4n) is 2.41. The van der Waals surface area contributed by atoms with Crippen molar-refractivity contribution in [3.63, 3.8) is 0 Å². The lowest BCUT2D eigenvalue weighted by Gasteiger charge is -2.19. The summed E-state index contributed by atoms with van der Waals surface area (Å²) in [5.74, 6) is -0.683. The van der Waals surface area contributed by atoms with Crippen molar-refractivity contribution in [1.29, 1.82) is 0 Å². The van der Waals surface area contributed by atoms with Crippen LogP contribution in [-0.4, -0.2) is 39.9 Å². The van der Waals surface area contributed by atoms with Gasteiger partial charge in [-0.15, -0.1) is 0 Å². The van der Waals surface area contributed by atoms with Crippen molar-refractivity contribution >= 4 is 24.6 Å². The molecule has 1 atom stereocenters. The standard InChI is InChI=1S/C15H22N3O5P/c1-3-22-24(21,23-4-2)10-18-13-8-6-5-7-12(13)17-14(18)9-11(16)15(19)20/h5-8,11H,3-4,9-10,16H2,1-2H3,(H,19,20)/t11-/m1/s1. The Kier molecular flexibility index (Phi) is 6.12. The van der Waals surface area contributed by atoms with Crippen LogP contribution < -0.4 is 5.73 Å². The van der Waals surface area contributed by atoms with E-state index in [2.05, 4.69) is 4.98 Å². The van der Waals surface area contributed by atoms with E-state index in [-0.39, 0.29) is 25.9 Å². The highest BCUT2D eigenvalue weighted by molar-refractivity contribution is 7.52. The maximum Gasteiger partial charge on any atom is 0.350 e. The van der Waals surface area contributed by atoms with Gasteiger partial charge in [-0.3, -0.25) is 9.36 Å². The first-order chi connectivity index (χ1) is 11.4. The molecule has 2 rings (SSSR count). The van der Waals surface area contributed by atoms with E-state index in [1.54, 1.807) is 24.5 Å². The molecule has 0 aliphatic carbocycles. The molecule has 2 aromatic rings. The van der Waals surface area contributed by atoms with E-state index in [9.17, 15) is 9.36 Å². The van der Waals surface area contributed by atoms with Gasteiger partial charge in [0, 0.05) is 6.42 Å². The zero-order valence-electron chi connectivity index (χ0n) is 13.7. The highest BCUT2D eigenvalue weighted by Gasteiger charge is 2.28. The van der Waals surface area contributed by atoms with Crippen LogP contribution >= 0.6 is 7.60 Å². The molecule has 3 N–H and O–H groups in total. The topological polar surface area (TPSA) is 117 Å². The van der Waals surface area contributed by atoms with Crippen LogP contribution in [-0.2, 0) is 31.1 Å². The molecule has 0 unspecified atom stereocenters. The van der Waals surface area contributed by atoms with Gasteiger partial charge >= 0.3 is 13.6 Å². The van der Waals surface area contributed by atoms with Gasteiger partial charge in [-0.05, 0) is 26.0 Å². The van der Waals surface area contributed by atoms with Gasteiger partial charge in [0.2, 0.25) is 0 Å². The minimum atomic E-state index is -3.37. The molecule has 0 amide bonds. The van der Waals surface area contributed by atoms with Crippen LogP contribution in [0.15, 0.2) is 24.3 Å². The molecule has 9 heteroatoms. The van der Waals surface area contributed by atoms with Crippen molar-refractivity contribution in [3.05, 3.63) is 30.1 Å². The molecule has 0 radical (unpaired) electrons. The number of nitrogens with two attached hydrogens (primary N) is 1. The molecule has 0 fully saturated rings. The number of carbonyl (C=O) groups is 1. The number of hydrogen-bond acceptors (Lipinski definition) is 6. The van der Waals surface area contributed by atoms with Gasteiger partial charge in [0.05, 0.1) is 24.2 Å². The second-order valence-electron chi connectivity index (χ2n) is 5.18. The van der Waals surface area contributed by atoms with Crippen LogP contribution in [0.4, 0.5) is 0 Å². The predicted octanol–water partition coefficient (Wildman–Crippen LogP) is 2.21. The quantitative estimate of drug-likeness (QED) is 0.662. The van der Waals surface area contributed by atoms with E-state index >= 15 is 0 Å². The highest BCUT2D eigenvalue weighted by Crippen LogP contribution is 2.50. The summed E-state index contributed by atoms with van der Waals surface area (Å²) in [4.78, 5) is 15.5. The minimum absolute atomic E-state index is 0.0161. The Morgan fingerprint density at radius 2 is 1.96 bits per heavy atom. The van der Waals surface area contributed by atoms with E-state index in [0.29, 0.717) is 11.3 Å². The Balaban J connectivity index is 2.45. The summed E-state index contributed by atoms with van der Waals surface area (Å²) in [5, 5.41) is 9.04. The molecule has 1 aromatic carbocycles. The van der Waals surface area contributed by atoms with E-state index < -0.39 is 19.6 Å². The molecule has 0 bridgehead atoms. The summed E-state index contributed by atoms with van der Waals surface area (Å²) in [6.07, 6.45) is -0.0286. The third-order valence-electron chi connectivity index (χ3n) is 3.42. The van der Waals surface area contributed by atoms with Crippen LogP contribution in [0, 0.1) is 0 Å². The Morgan fingerprint density at radius 3 is 2.54 bits per heavy atom. The van der Waals surface area contributed by atoms with Gasteiger partial charge in [0.15, 0.2) is 0 Å². The third-order valence-corrected chi connectivity index (χ3v) is 5.35. The van der Waals surface area contributed by atoms with Crippen LogP contribution in [0.25, 0.3) is 11.0 Å². The maximum absolute atomic E-state index is 12.9.